The standard InChI is InChI=1S/C28H37N3O5S/c1-3-23(21-5-4-6-22(15-21)30-37(34,35)25-17-31(2)18-29-25)26-24(32)16-28(36-27(26)33,13-11-19-7-8-19)14-12-20-9-10-20/h4-6,15,17-20,23,30,32H,3,7-14,16H2,1-2H3. The van der Waals surface area contributed by atoms with Gasteiger partial charge in [-0.05, 0) is 61.6 Å². The molecule has 8 nitrogen and oxygen atoms in total. The molecule has 5 rings (SSSR count). The van der Waals surface area contributed by atoms with E-state index in [1.54, 1.807) is 29.8 Å². The van der Waals surface area contributed by atoms with Gasteiger partial charge in [-0.1, -0.05) is 44.7 Å². The quantitative estimate of drug-likeness (QED) is 0.348. The van der Waals surface area contributed by atoms with Gasteiger partial charge in [0.25, 0.3) is 10.0 Å². The van der Waals surface area contributed by atoms with Crippen LogP contribution in [0, 0.1) is 11.8 Å². The van der Waals surface area contributed by atoms with Gasteiger partial charge in [0.05, 0.1) is 11.9 Å². The summed E-state index contributed by atoms with van der Waals surface area (Å²) >= 11 is 0. The third-order valence-corrected chi connectivity index (χ3v) is 9.26. The molecule has 0 amide bonds. The van der Waals surface area contributed by atoms with Gasteiger partial charge >= 0.3 is 5.97 Å². The summed E-state index contributed by atoms with van der Waals surface area (Å²) in [4.78, 5) is 17.4. The zero-order valence-corrected chi connectivity index (χ0v) is 22.5. The lowest BCUT2D eigenvalue weighted by molar-refractivity contribution is -0.161. The molecule has 2 aromatic rings. The summed E-state index contributed by atoms with van der Waals surface area (Å²) in [6.45, 7) is 1.95. The van der Waals surface area contributed by atoms with E-state index in [0.29, 0.717) is 24.1 Å². The van der Waals surface area contributed by atoms with Gasteiger partial charge in [0, 0.05) is 31.3 Å². The number of carbonyl (C=O) groups is 1. The number of aromatic nitrogens is 2. The molecule has 2 aliphatic carbocycles. The van der Waals surface area contributed by atoms with Crippen LogP contribution in [0.5, 0.6) is 0 Å². The van der Waals surface area contributed by atoms with Gasteiger partial charge in [-0.15, -0.1) is 0 Å². The molecule has 2 fully saturated rings. The Kier molecular flexibility index (Phi) is 7.09. The number of aliphatic hydroxyl groups excluding tert-OH is 1. The predicted molar refractivity (Wildman–Crippen MR) is 141 cm³/mol. The van der Waals surface area contributed by atoms with Crippen molar-refractivity contribution in [2.45, 2.75) is 87.7 Å². The Morgan fingerprint density at radius 1 is 1.19 bits per heavy atom. The molecule has 0 bridgehead atoms. The lowest BCUT2D eigenvalue weighted by Crippen LogP contribution is -2.41. The summed E-state index contributed by atoms with van der Waals surface area (Å²) < 4.78 is 35.9. The molecule has 9 heteroatoms. The molecule has 1 atom stereocenters. The van der Waals surface area contributed by atoms with Crippen LogP contribution in [-0.2, 0) is 26.6 Å². The highest BCUT2D eigenvalue weighted by Gasteiger charge is 2.45. The molecule has 3 aliphatic rings. The van der Waals surface area contributed by atoms with Gasteiger partial charge in [-0.25, -0.2) is 9.78 Å². The average molecular weight is 528 g/mol. The molecule has 2 N–H and O–H groups in total. The minimum absolute atomic E-state index is 0.0719. The highest BCUT2D eigenvalue weighted by molar-refractivity contribution is 7.92. The fourth-order valence-corrected chi connectivity index (χ4v) is 6.49. The number of nitrogens with one attached hydrogen (secondary N) is 1. The monoisotopic (exact) mass is 527 g/mol. The van der Waals surface area contributed by atoms with E-state index in [0.717, 1.165) is 43.1 Å². The van der Waals surface area contributed by atoms with Crippen LogP contribution < -0.4 is 4.72 Å². The van der Waals surface area contributed by atoms with Gasteiger partial charge in [0.15, 0.2) is 5.03 Å². The number of nitrogens with zero attached hydrogens (tertiary/aromatic N) is 2. The Morgan fingerprint density at radius 3 is 2.41 bits per heavy atom. The number of esters is 1. The maximum Gasteiger partial charge on any atom is 0.338 e. The van der Waals surface area contributed by atoms with Crippen LogP contribution in [-0.4, -0.2) is 34.6 Å². The van der Waals surface area contributed by atoms with E-state index in [4.69, 9.17) is 4.74 Å². The summed E-state index contributed by atoms with van der Waals surface area (Å²) in [5, 5.41) is 11.2. The lowest BCUT2D eigenvalue weighted by atomic mass is 9.79. The molecule has 1 aliphatic heterocycles. The van der Waals surface area contributed by atoms with Crippen molar-refractivity contribution in [3.05, 3.63) is 53.7 Å². The topological polar surface area (TPSA) is 111 Å². The minimum Gasteiger partial charge on any atom is -0.512 e. The number of cyclic esters (lactones) is 1. The van der Waals surface area contributed by atoms with E-state index in [1.807, 2.05) is 13.0 Å². The number of hydrogen-bond acceptors (Lipinski definition) is 6. The second-order valence-corrected chi connectivity index (χ2v) is 12.8. The first-order valence-electron chi connectivity index (χ1n) is 13.4. The number of benzene rings is 1. The number of carbonyl (C=O) groups excluding carboxylic acids is 1. The van der Waals surface area contributed by atoms with Crippen LogP contribution in [0.25, 0.3) is 0 Å². The zero-order chi connectivity index (χ0) is 26.2. The minimum atomic E-state index is -3.86. The van der Waals surface area contributed by atoms with Crippen LogP contribution in [0.2, 0.25) is 0 Å². The number of sulfonamides is 1. The van der Waals surface area contributed by atoms with Crippen molar-refractivity contribution in [3.63, 3.8) is 0 Å². The highest BCUT2D eigenvalue weighted by Crippen LogP contribution is 2.46. The number of imidazole rings is 1. The second-order valence-electron chi connectivity index (χ2n) is 11.1. The molecule has 1 unspecified atom stereocenters. The summed E-state index contributed by atoms with van der Waals surface area (Å²) in [5.41, 5.74) is 0.786. The number of aryl methyl sites for hydroxylation is 1. The van der Waals surface area contributed by atoms with Gasteiger partial charge in [0.2, 0.25) is 0 Å². The van der Waals surface area contributed by atoms with Crippen LogP contribution >= 0.6 is 0 Å². The molecule has 1 aromatic carbocycles. The van der Waals surface area contributed by atoms with E-state index < -0.39 is 27.5 Å². The van der Waals surface area contributed by atoms with Crippen LogP contribution in [0.3, 0.4) is 0 Å². The Balaban J connectivity index is 1.38. The molecule has 37 heavy (non-hydrogen) atoms. The largest absolute Gasteiger partial charge is 0.512 e. The van der Waals surface area contributed by atoms with Crippen molar-refractivity contribution in [3.8, 4) is 0 Å². The predicted octanol–water partition coefficient (Wildman–Crippen LogP) is 5.59. The Morgan fingerprint density at radius 2 is 1.86 bits per heavy atom. The number of hydrogen-bond donors (Lipinski definition) is 2. The number of aliphatic hydroxyl groups is 1. The van der Waals surface area contributed by atoms with Crippen LogP contribution in [0.15, 0.2) is 53.1 Å². The van der Waals surface area contributed by atoms with Gasteiger partial charge in [0.1, 0.15) is 11.4 Å². The smallest absolute Gasteiger partial charge is 0.338 e. The molecule has 0 spiro atoms. The third kappa shape index (κ3) is 6.03. The summed E-state index contributed by atoms with van der Waals surface area (Å²) in [6, 6.07) is 6.97. The van der Waals surface area contributed by atoms with E-state index in [-0.39, 0.29) is 10.8 Å². The fraction of sp³-hybridized carbons (Fsp3) is 0.571. The molecule has 0 saturated heterocycles. The van der Waals surface area contributed by atoms with Crippen LogP contribution in [0.1, 0.15) is 82.6 Å². The molecule has 1 aromatic heterocycles. The first-order valence-corrected chi connectivity index (χ1v) is 14.9. The van der Waals surface area contributed by atoms with E-state index in [2.05, 4.69) is 9.71 Å². The van der Waals surface area contributed by atoms with Crippen molar-refractivity contribution in [2.24, 2.45) is 18.9 Å². The molecule has 2 heterocycles. The normalized spacial score (nSPS) is 20.5. The summed E-state index contributed by atoms with van der Waals surface area (Å²) in [5.74, 6) is 0.725. The SMILES string of the molecule is CCC(C1=C(O)CC(CCC2CC2)(CCC2CC2)OC1=O)c1cccc(NS(=O)(=O)c2cn(C)cn2)c1. The third-order valence-electron chi connectivity index (χ3n) is 7.99. The fourth-order valence-electron chi connectivity index (χ4n) is 5.46. The van der Waals surface area contributed by atoms with E-state index in [1.165, 1.54) is 38.2 Å². The Hall–Kier alpha value is -2.81. The van der Waals surface area contributed by atoms with Crippen molar-refractivity contribution in [1.29, 1.82) is 0 Å². The molecule has 2 saturated carbocycles. The molecule has 200 valence electrons. The second kappa shape index (κ2) is 10.2. The lowest BCUT2D eigenvalue weighted by Gasteiger charge is -2.39. The summed E-state index contributed by atoms with van der Waals surface area (Å²) in [6.07, 6.45) is 12.4. The van der Waals surface area contributed by atoms with Crippen molar-refractivity contribution in [2.75, 3.05) is 4.72 Å². The molecular formula is C28H37N3O5S. The van der Waals surface area contributed by atoms with E-state index >= 15 is 0 Å². The van der Waals surface area contributed by atoms with Crippen molar-refractivity contribution < 1.29 is 23.1 Å². The van der Waals surface area contributed by atoms with E-state index in [9.17, 15) is 18.3 Å². The first-order chi connectivity index (χ1) is 17.7. The maximum atomic E-state index is 13.5. The first kappa shape index (κ1) is 25.8. The van der Waals surface area contributed by atoms with Gasteiger partial charge < -0.3 is 14.4 Å². The Bertz CT molecular complexity index is 1270. The van der Waals surface area contributed by atoms with Crippen molar-refractivity contribution in [1.82, 2.24) is 9.55 Å². The number of anilines is 1. The maximum absolute atomic E-state index is 13.5. The zero-order valence-electron chi connectivity index (χ0n) is 21.7. The summed E-state index contributed by atoms with van der Waals surface area (Å²) in [7, 11) is -2.15. The molecule has 0 radical (unpaired) electrons. The van der Waals surface area contributed by atoms with Crippen LogP contribution in [0.4, 0.5) is 5.69 Å². The number of ether oxygens (including phenoxy) is 1. The van der Waals surface area contributed by atoms with Crippen molar-refractivity contribution >= 4 is 21.7 Å². The van der Waals surface area contributed by atoms with Gasteiger partial charge in [-0.2, -0.15) is 8.42 Å². The number of rotatable bonds is 12. The highest BCUT2D eigenvalue weighted by atomic mass is 32.2. The average Bonchev–Trinajstić information content (AvgIpc) is 3.78. The molecular weight excluding hydrogens is 490 g/mol. The van der Waals surface area contributed by atoms with Gasteiger partial charge in [-0.3, -0.25) is 4.72 Å². The Labute approximate surface area is 219 Å².